The summed E-state index contributed by atoms with van der Waals surface area (Å²) in [5.74, 6) is 1.10. The Hall–Kier alpha value is -4.92. The molecule has 0 spiro atoms. The molecule has 0 aliphatic carbocycles. The van der Waals surface area contributed by atoms with Crippen LogP contribution in [0.4, 0.5) is 0 Å². The molecule has 5 rings (SSSR count). The van der Waals surface area contributed by atoms with Crippen LogP contribution in [-0.2, 0) is 9.53 Å². The Bertz CT molecular complexity index is 1670. The molecule has 0 radical (unpaired) electrons. The van der Waals surface area contributed by atoms with E-state index < -0.39 is 5.97 Å². The Balaban J connectivity index is 1.65. The van der Waals surface area contributed by atoms with Gasteiger partial charge in [-0.2, -0.15) is 9.78 Å². The lowest BCUT2D eigenvalue weighted by atomic mass is 10.2. The number of carbonyl (C=O) groups is 1. The lowest BCUT2D eigenvalue weighted by Crippen LogP contribution is -2.20. The zero-order valence-corrected chi connectivity index (χ0v) is 19.5. The van der Waals surface area contributed by atoms with Gasteiger partial charge in [0.05, 0.1) is 36.7 Å². The van der Waals surface area contributed by atoms with Crippen molar-refractivity contribution in [2.75, 3.05) is 20.8 Å². The molecule has 2 aromatic heterocycles. The number of para-hydroxylation sites is 2. The summed E-state index contributed by atoms with van der Waals surface area (Å²) in [6.45, 7) is -0.259. The minimum absolute atomic E-state index is 0.223. The van der Waals surface area contributed by atoms with Crippen molar-refractivity contribution in [3.05, 3.63) is 88.7 Å². The highest BCUT2D eigenvalue weighted by atomic mass is 16.6. The van der Waals surface area contributed by atoms with Gasteiger partial charge in [0.1, 0.15) is 17.1 Å². The van der Waals surface area contributed by atoms with Crippen molar-refractivity contribution in [1.82, 2.24) is 9.66 Å². The quantitative estimate of drug-likeness (QED) is 0.252. The van der Waals surface area contributed by atoms with Gasteiger partial charge in [-0.15, -0.1) is 0 Å². The van der Waals surface area contributed by atoms with Crippen molar-refractivity contribution in [3.63, 3.8) is 0 Å². The molecule has 9 nitrogen and oxygen atoms in total. The van der Waals surface area contributed by atoms with E-state index in [0.29, 0.717) is 39.3 Å². The number of esters is 1. The van der Waals surface area contributed by atoms with E-state index in [1.165, 1.54) is 18.0 Å². The Morgan fingerprint density at radius 3 is 2.61 bits per heavy atom. The van der Waals surface area contributed by atoms with Crippen LogP contribution in [0.5, 0.6) is 11.5 Å². The minimum Gasteiger partial charge on any atom is -0.496 e. The molecule has 0 fully saturated rings. The van der Waals surface area contributed by atoms with Crippen molar-refractivity contribution < 1.29 is 23.4 Å². The number of methoxy groups -OCH3 is 2. The Morgan fingerprint density at radius 2 is 1.78 bits per heavy atom. The molecule has 36 heavy (non-hydrogen) atoms. The van der Waals surface area contributed by atoms with E-state index in [0.717, 1.165) is 5.39 Å². The summed E-state index contributed by atoms with van der Waals surface area (Å²) in [7, 11) is 2.86. The summed E-state index contributed by atoms with van der Waals surface area (Å²) in [6.07, 6.45) is 1.47. The van der Waals surface area contributed by atoms with Gasteiger partial charge in [0.25, 0.3) is 5.56 Å². The van der Waals surface area contributed by atoms with Crippen molar-refractivity contribution >= 4 is 34.1 Å². The molecular weight excluding hydrogens is 462 g/mol. The van der Waals surface area contributed by atoms with Crippen molar-refractivity contribution in [3.8, 4) is 23.1 Å². The molecule has 0 atom stereocenters. The fourth-order valence-electron chi connectivity index (χ4n) is 3.75. The van der Waals surface area contributed by atoms with Crippen LogP contribution < -0.4 is 15.0 Å². The second-order valence-electron chi connectivity index (χ2n) is 7.70. The van der Waals surface area contributed by atoms with Gasteiger partial charge in [-0.05, 0) is 42.5 Å². The van der Waals surface area contributed by atoms with Crippen molar-refractivity contribution in [2.45, 2.75) is 0 Å². The fourth-order valence-corrected chi connectivity index (χ4v) is 3.75. The van der Waals surface area contributed by atoms with Crippen LogP contribution >= 0.6 is 0 Å². The molecule has 0 aliphatic heterocycles. The van der Waals surface area contributed by atoms with Crippen molar-refractivity contribution in [2.24, 2.45) is 5.10 Å². The molecule has 0 aliphatic rings. The molecule has 2 heterocycles. The Labute approximate surface area is 205 Å². The van der Waals surface area contributed by atoms with E-state index >= 15 is 0 Å². The summed E-state index contributed by atoms with van der Waals surface area (Å²) >= 11 is 0. The molecule has 0 bridgehead atoms. The third-order valence-electron chi connectivity index (χ3n) is 5.52. The lowest BCUT2D eigenvalue weighted by Gasteiger charge is -2.09. The number of aromatic nitrogens is 2. The van der Waals surface area contributed by atoms with Crippen LogP contribution in [0.1, 0.15) is 5.56 Å². The number of fused-ring (bicyclic) bond motifs is 2. The maximum absolute atomic E-state index is 13.5. The van der Waals surface area contributed by atoms with E-state index in [2.05, 4.69) is 14.8 Å². The second-order valence-corrected chi connectivity index (χ2v) is 7.70. The average Bonchev–Trinajstić information content (AvgIpc) is 3.36. The van der Waals surface area contributed by atoms with Crippen LogP contribution in [0, 0.1) is 0 Å². The summed E-state index contributed by atoms with van der Waals surface area (Å²) in [4.78, 5) is 29.7. The SMILES string of the molecule is COC(=O)COc1ccccc1C=Nn1c(-c2cc3c(OC)cccc3o2)nc2ccccc2c1=O. The van der Waals surface area contributed by atoms with Gasteiger partial charge >= 0.3 is 5.97 Å². The van der Waals surface area contributed by atoms with Gasteiger partial charge in [0, 0.05) is 5.56 Å². The van der Waals surface area contributed by atoms with Gasteiger partial charge < -0.3 is 18.6 Å². The first kappa shape index (κ1) is 22.9. The molecule has 0 saturated carbocycles. The van der Waals surface area contributed by atoms with E-state index in [9.17, 15) is 9.59 Å². The van der Waals surface area contributed by atoms with E-state index in [4.69, 9.17) is 13.9 Å². The molecular formula is C27H21N3O6. The van der Waals surface area contributed by atoms with Crippen LogP contribution in [0.2, 0.25) is 0 Å². The van der Waals surface area contributed by atoms with Gasteiger partial charge in [-0.25, -0.2) is 9.78 Å². The van der Waals surface area contributed by atoms with Crippen LogP contribution in [0.3, 0.4) is 0 Å². The summed E-state index contributed by atoms with van der Waals surface area (Å²) < 4.78 is 22.9. The standard InChI is InChI=1S/C27H21N3O6/c1-33-22-12-7-13-23-19(22)14-24(36-23)26-29-20-10-5-4-9-18(20)27(32)30(26)28-15-17-8-3-6-11-21(17)35-16-25(31)34-2/h3-15H,16H2,1-2H3. The third-order valence-corrected chi connectivity index (χ3v) is 5.52. The molecule has 0 saturated heterocycles. The van der Waals surface area contributed by atoms with Crippen molar-refractivity contribution in [1.29, 1.82) is 0 Å². The maximum Gasteiger partial charge on any atom is 0.343 e. The van der Waals surface area contributed by atoms with E-state index in [1.807, 2.05) is 24.3 Å². The third kappa shape index (κ3) is 4.29. The zero-order valence-electron chi connectivity index (χ0n) is 19.5. The molecule has 0 unspecified atom stereocenters. The molecule has 9 heteroatoms. The Morgan fingerprint density at radius 1 is 1.00 bits per heavy atom. The topological polar surface area (TPSA) is 105 Å². The highest BCUT2D eigenvalue weighted by molar-refractivity contribution is 5.89. The molecule has 5 aromatic rings. The highest BCUT2D eigenvalue weighted by Crippen LogP contribution is 2.32. The van der Waals surface area contributed by atoms with Gasteiger partial charge in [-0.3, -0.25) is 4.79 Å². The van der Waals surface area contributed by atoms with E-state index in [1.54, 1.807) is 55.6 Å². The van der Waals surface area contributed by atoms with E-state index in [-0.39, 0.29) is 18.0 Å². The number of carbonyl (C=O) groups excluding carboxylic acids is 1. The fraction of sp³-hybridized carbons (Fsp3) is 0.111. The van der Waals surface area contributed by atoms with Crippen LogP contribution in [-0.4, -0.2) is 42.7 Å². The first-order valence-electron chi connectivity index (χ1n) is 11.0. The van der Waals surface area contributed by atoms with Gasteiger partial charge in [0.2, 0.25) is 5.82 Å². The normalized spacial score (nSPS) is 11.3. The lowest BCUT2D eigenvalue weighted by molar-refractivity contribution is -0.142. The first-order valence-corrected chi connectivity index (χ1v) is 11.0. The van der Waals surface area contributed by atoms with Gasteiger partial charge in [0.15, 0.2) is 12.4 Å². The number of furan rings is 1. The number of rotatable bonds is 7. The monoisotopic (exact) mass is 483 g/mol. The maximum atomic E-state index is 13.5. The number of hydrogen-bond donors (Lipinski definition) is 0. The predicted molar refractivity (Wildman–Crippen MR) is 135 cm³/mol. The number of hydrogen-bond acceptors (Lipinski definition) is 8. The molecule has 0 amide bonds. The highest BCUT2D eigenvalue weighted by Gasteiger charge is 2.18. The zero-order chi connectivity index (χ0) is 25.1. The molecule has 0 N–H and O–H groups in total. The average molecular weight is 483 g/mol. The smallest absolute Gasteiger partial charge is 0.343 e. The summed E-state index contributed by atoms with van der Waals surface area (Å²) in [6, 6.07) is 21.2. The largest absolute Gasteiger partial charge is 0.496 e. The first-order chi connectivity index (χ1) is 17.6. The molecule has 3 aromatic carbocycles. The number of ether oxygens (including phenoxy) is 3. The van der Waals surface area contributed by atoms with Crippen LogP contribution in [0.25, 0.3) is 33.5 Å². The minimum atomic E-state index is -0.515. The summed E-state index contributed by atoms with van der Waals surface area (Å²) in [5, 5.41) is 5.60. The second kappa shape index (κ2) is 9.75. The summed E-state index contributed by atoms with van der Waals surface area (Å²) in [5.41, 5.74) is 1.29. The predicted octanol–water partition coefficient (Wildman–Crippen LogP) is 4.25. The Kier molecular flexibility index (Phi) is 6.19. The van der Waals surface area contributed by atoms with Crippen LogP contribution in [0.15, 0.2) is 87.1 Å². The molecule has 180 valence electrons. The number of nitrogens with zero attached hydrogens (tertiary/aromatic N) is 3. The number of benzene rings is 3. The van der Waals surface area contributed by atoms with Gasteiger partial charge in [-0.1, -0.05) is 30.3 Å².